The fraction of sp³-hybridized carbons (Fsp3) is 0.524. The number of nitrogens with two attached hydrogens (primary N) is 1. The Morgan fingerprint density at radius 3 is 2.47 bits per heavy atom. The Hall–Kier alpha value is -3.10. The normalized spacial score (nSPS) is 17.7. The summed E-state index contributed by atoms with van der Waals surface area (Å²) < 4.78 is 0. The lowest BCUT2D eigenvalue weighted by Gasteiger charge is -2.31. The second-order valence-electron chi connectivity index (χ2n) is 7.18. The van der Waals surface area contributed by atoms with Gasteiger partial charge in [0, 0.05) is 23.7 Å². The summed E-state index contributed by atoms with van der Waals surface area (Å²) in [5, 5.41) is 23.3. The van der Waals surface area contributed by atoms with E-state index in [4.69, 9.17) is 16.2 Å². The van der Waals surface area contributed by atoms with Crippen molar-refractivity contribution < 1.29 is 19.5 Å². The number of guanidine groups is 1. The summed E-state index contributed by atoms with van der Waals surface area (Å²) in [4.78, 5) is 33.7. The van der Waals surface area contributed by atoms with Gasteiger partial charge < -0.3 is 26.8 Å². The second kappa shape index (κ2) is 13.2. The number of carbonyl (C=O) groups is 3. The molecule has 7 N–H and O–H groups in total. The summed E-state index contributed by atoms with van der Waals surface area (Å²) in [5.41, 5.74) is 6.24. The maximum absolute atomic E-state index is 12.2. The monoisotopic (exact) mass is 419 g/mol. The van der Waals surface area contributed by atoms with Crippen LogP contribution in [0.3, 0.4) is 0 Å². The number of carbonyl (C=O) groups excluding carboxylic acids is 2. The molecule has 1 aliphatic rings. The topological polar surface area (TPSA) is 157 Å². The van der Waals surface area contributed by atoms with Crippen molar-refractivity contribution >= 4 is 29.4 Å². The second-order valence-corrected chi connectivity index (χ2v) is 7.18. The van der Waals surface area contributed by atoms with Gasteiger partial charge in [-0.25, -0.2) is 0 Å². The van der Waals surface area contributed by atoms with E-state index in [1.54, 1.807) is 31.2 Å². The zero-order valence-corrected chi connectivity index (χ0v) is 17.7. The van der Waals surface area contributed by atoms with Crippen LogP contribution in [0.5, 0.6) is 0 Å². The van der Waals surface area contributed by atoms with Crippen LogP contribution in [0.25, 0.3) is 0 Å². The van der Waals surface area contributed by atoms with Gasteiger partial charge in [-0.2, -0.15) is 0 Å². The fourth-order valence-electron chi connectivity index (χ4n) is 3.30. The third kappa shape index (κ3) is 9.40. The molecule has 2 atom stereocenters. The number of carboxylic acids is 1. The molecule has 9 heteroatoms. The average Bonchev–Trinajstić information content (AvgIpc) is 2.72. The Morgan fingerprint density at radius 2 is 1.87 bits per heavy atom. The third-order valence-corrected chi connectivity index (χ3v) is 4.90. The van der Waals surface area contributed by atoms with Crippen molar-refractivity contribution in [3.63, 3.8) is 0 Å². The molecule has 2 unspecified atom stereocenters. The van der Waals surface area contributed by atoms with Crippen molar-refractivity contribution in [1.29, 1.82) is 5.41 Å². The largest absolute Gasteiger partial charge is 0.481 e. The zero-order valence-electron chi connectivity index (χ0n) is 17.7. The number of hydrogen-bond donors (Lipinski definition) is 6. The number of nitrogens with one attached hydrogen (secondary N) is 4. The Bertz CT molecular complexity index is 738. The Labute approximate surface area is 177 Å². The minimum absolute atomic E-state index is 0.0455. The van der Waals surface area contributed by atoms with Gasteiger partial charge in [0.15, 0.2) is 5.96 Å². The van der Waals surface area contributed by atoms with Crippen LogP contribution in [0.1, 0.15) is 62.7 Å². The highest BCUT2D eigenvalue weighted by Gasteiger charge is 2.25. The van der Waals surface area contributed by atoms with Crippen LogP contribution in [0.2, 0.25) is 0 Å². The lowest BCUT2D eigenvalue weighted by molar-refractivity contribution is -0.136. The highest BCUT2D eigenvalue weighted by atomic mass is 16.4. The molecule has 0 aliphatic heterocycles. The van der Waals surface area contributed by atoms with E-state index in [1.807, 2.05) is 0 Å². The van der Waals surface area contributed by atoms with Gasteiger partial charge in [0.05, 0.1) is 6.54 Å². The van der Waals surface area contributed by atoms with Crippen molar-refractivity contribution in [2.75, 3.05) is 11.9 Å². The maximum Gasteiger partial charge on any atom is 0.303 e. The first-order valence-electron chi connectivity index (χ1n) is 10.3. The minimum Gasteiger partial charge on any atom is -0.481 e. The SMILES string of the molecule is CCC(=O)O.CCC1CCCCC1NC(=O)CNC(=O)c1cccc(NC(=N)N)c1. The molecule has 0 saturated heterocycles. The molecule has 1 aliphatic carbocycles. The van der Waals surface area contributed by atoms with E-state index >= 15 is 0 Å². The Kier molecular flexibility index (Phi) is 11.0. The standard InChI is InChI=1S/C18H27N5O2.C3H6O2/c1-2-12-6-3-4-9-15(12)23-16(24)11-21-17(25)13-7-5-8-14(10-13)22-18(19)20;1-2-3(4)5/h5,7-8,10,12,15H,2-4,6,9,11H2,1H3,(H,21,25)(H,23,24)(H4,19,20,22);2H2,1H3,(H,4,5). The number of aliphatic carboxylic acids is 1. The Morgan fingerprint density at radius 1 is 1.20 bits per heavy atom. The zero-order chi connectivity index (χ0) is 22.5. The van der Waals surface area contributed by atoms with E-state index in [-0.39, 0.29) is 36.8 Å². The smallest absolute Gasteiger partial charge is 0.303 e. The van der Waals surface area contributed by atoms with E-state index < -0.39 is 5.97 Å². The fourth-order valence-corrected chi connectivity index (χ4v) is 3.30. The molecule has 1 fully saturated rings. The van der Waals surface area contributed by atoms with Crippen LogP contribution >= 0.6 is 0 Å². The summed E-state index contributed by atoms with van der Waals surface area (Å²) >= 11 is 0. The molecule has 166 valence electrons. The first kappa shape index (κ1) is 24.9. The van der Waals surface area contributed by atoms with Gasteiger partial charge in [-0.05, 0) is 37.0 Å². The van der Waals surface area contributed by atoms with E-state index in [9.17, 15) is 14.4 Å². The van der Waals surface area contributed by atoms with E-state index in [0.717, 1.165) is 25.7 Å². The molecule has 0 heterocycles. The van der Waals surface area contributed by atoms with Crippen molar-refractivity contribution in [1.82, 2.24) is 10.6 Å². The van der Waals surface area contributed by atoms with Crippen molar-refractivity contribution in [3.8, 4) is 0 Å². The highest BCUT2D eigenvalue weighted by Crippen LogP contribution is 2.26. The molecule has 2 amide bonds. The quantitative estimate of drug-likeness (QED) is 0.294. The Balaban J connectivity index is 0.000000804. The van der Waals surface area contributed by atoms with Crippen molar-refractivity contribution in [2.24, 2.45) is 11.7 Å². The molecular weight excluding hydrogens is 386 g/mol. The highest BCUT2D eigenvalue weighted by molar-refractivity contribution is 5.98. The molecule has 30 heavy (non-hydrogen) atoms. The molecular formula is C21H33N5O4. The summed E-state index contributed by atoms with van der Waals surface area (Å²) in [5.74, 6) is -0.905. The molecule has 0 bridgehead atoms. The number of carboxylic acid groups (broad SMARTS) is 1. The molecule has 2 rings (SSSR count). The molecule has 9 nitrogen and oxygen atoms in total. The predicted molar refractivity (Wildman–Crippen MR) is 116 cm³/mol. The van der Waals surface area contributed by atoms with Gasteiger partial charge in [0.2, 0.25) is 5.91 Å². The van der Waals surface area contributed by atoms with Crippen LogP contribution in [0.4, 0.5) is 5.69 Å². The summed E-state index contributed by atoms with van der Waals surface area (Å²) in [6, 6.07) is 6.84. The summed E-state index contributed by atoms with van der Waals surface area (Å²) in [6.45, 7) is 3.71. The molecule has 1 aromatic rings. The molecule has 0 aromatic heterocycles. The number of benzene rings is 1. The lowest BCUT2D eigenvalue weighted by atomic mass is 9.83. The number of amides is 2. The van der Waals surface area contributed by atoms with E-state index in [2.05, 4.69) is 22.9 Å². The van der Waals surface area contributed by atoms with Gasteiger partial charge in [0.25, 0.3) is 5.91 Å². The summed E-state index contributed by atoms with van der Waals surface area (Å²) in [7, 11) is 0. The first-order chi connectivity index (χ1) is 14.3. The van der Waals surface area contributed by atoms with Crippen molar-refractivity contribution in [2.45, 2.75) is 58.4 Å². The molecule has 1 aromatic carbocycles. The van der Waals surface area contributed by atoms with Gasteiger partial charge in [-0.3, -0.25) is 19.8 Å². The lowest BCUT2D eigenvalue weighted by Crippen LogP contribution is -2.46. The molecule has 0 spiro atoms. The van der Waals surface area contributed by atoms with Gasteiger partial charge in [0.1, 0.15) is 0 Å². The van der Waals surface area contributed by atoms with Gasteiger partial charge in [-0.1, -0.05) is 39.2 Å². The molecule has 0 radical (unpaired) electrons. The minimum atomic E-state index is -0.745. The van der Waals surface area contributed by atoms with Crippen LogP contribution in [0.15, 0.2) is 24.3 Å². The average molecular weight is 420 g/mol. The third-order valence-electron chi connectivity index (χ3n) is 4.90. The number of anilines is 1. The van der Waals surface area contributed by atoms with Crippen molar-refractivity contribution in [3.05, 3.63) is 29.8 Å². The maximum atomic E-state index is 12.2. The predicted octanol–water partition coefficient (Wildman–Crippen LogP) is 2.29. The molecule has 1 saturated carbocycles. The summed E-state index contributed by atoms with van der Waals surface area (Å²) in [6.07, 6.45) is 5.82. The first-order valence-corrected chi connectivity index (χ1v) is 10.3. The van der Waals surface area contributed by atoms with E-state index in [0.29, 0.717) is 17.2 Å². The van der Waals surface area contributed by atoms with Gasteiger partial charge in [-0.15, -0.1) is 0 Å². The van der Waals surface area contributed by atoms with E-state index in [1.165, 1.54) is 6.42 Å². The number of rotatable bonds is 7. The van der Waals surface area contributed by atoms with Crippen LogP contribution in [0, 0.1) is 11.3 Å². The van der Waals surface area contributed by atoms with Gasteiger partial charge >= 0.3 is 5.97 Å². The van der Waals surface area contributed by atoms with Crippen LogP contribution in [-0.2, 0) is 9.59 Å². The van der Waals surface area contributed by atoms with Crippen LogP contribution < -0.4 is 21.7 Å². The van der Waals surface area contributed by atoms with Crippen LogP contribution in [-0.4, -0.2) is 41.4 Å². The number of hydrogen-bond acceptors (Lipinski definition) is 4.